The number of rotatable bonds is 7. The van der Waals surface area contributed by atoms with Crippen LogP contribution in [0.2, 0.25) is 5.02 Å². The average Bonchev–Trinajstić information content (AvgIpc) is 3.18. The van der Waals surface area contributed by atoms with Crippen molar-refractivity contribution in [3.8, 4) is 11.1 Å². The van der Waals surface area contributed by atoms with E-state index in [1.165, 1.54) is 18.3 Å². The number of hydrazine groups is 2. The van der Waals surface area contributed by atoms with Crippen LogP contribution in [-0.2, 0) is 6.54 Å². The zero-order valence-electron chi connectivity index (χ0n) is 19.6. The number of benzene rings is 2. The molecule has 0 unspecified atom stereocenters. The lowest BCUT2D eigenvalue weighted by Crippen LogP contribution is -2.51. The van der Waals surface area contributed by atoms with Crippen LogP contribution in [0.25, 0.3) is 22.0 Å². The van der Waals surface area contributed by atoms with Gasteiger partial charge < -0.3 is 10.8 Å². The fourth-order valence-electron chi connectivity index (χ4n) is 4.32. The van der Waals surface area contributed by atoms with Gasteiger partial charge in [0.05, 0.1) is 17.8 Å². The zero-order chi connectivity index (χ0) is 26.3. The molecule has 7 nitrogen and oxygen atoms in total. The maximum Gasteiger partial charge on any atom is 0.423 e. The van der Waals surface area contributed by atoms with E-state index in [0.29, 0.717) is 16.1 Å². The van der Waals surface area contributed by atoms with Gasteiger partial charge in [0, 0.05) is 23.7 Å². The van der Waals surface area contributed by atoms with E-state index in [-0.39, 0.29) is 24.4 Å². The molecule has 1 aromatic heterocycles. The number of fused-ring (bicyclic) bond motifs is 1. The second-order valence-electron chi connectivity index (χ2n) is 8.69. The van der Waals surface area contributed by atoms with Gasteiger partial charge in [-0.3, -0.25) is 14.8 Å². The molecule has 36 heavy (non-hydrogen) atoms. The molecule has 4 rings (SSSR count). The van der Waals surface area contributed by atoms with Gasteiger partial charge in [0.25, 0.3) is 5.91 Å². The number of primary amides is 1. The third kappa shape index (κ3) is 4.84. The second kappa shape index (κ2) is 9.61. The van der Waals surface area contributed by atoms with E-state index in [1.54, 1.807) is 31.2 Å². The van der Waals surface area contributed by atoms with E-state index in [0.717, 1.165) is 21.5 Å². The second-order valence-corrected chi connectivity index (χ2v) is 9.12. The van der Waals surface area contributed by atoms with Crippen molar-refractivity contribution in [2.75, 3.05) is 7.05 Å². The Morgan fingerprint density at radius 3 is 2.47 bits per heavy atom. The van der Waals surface area contributed by atoms with Gasteiger partial charge in [-0.25, -0.2) is 4.98 Å². The van der Waals surface area contributed by atoms with Gasteiger partial charge in [0.1, 0.15) is 5.69 Å². The Kier molecular flexibility index (Phi) is 6.87. The fraction of sp³-hybridized carbons (Fsp3) is 0.280. The van der Waals surface area contributed by atoms with Crippen LogP contribution in [0.4, 0.5) is 13.2 Å². The van der Waals surface area contributed by atoms with Crippen molar-refractivity contribution in [3.63, 3.8) is 0 Å². The molecule has 2 aromatic carbocycles. The van der Waals surface area contributed by atoms with E-state index in [2.05, 4.69) is 10.5 Å². The highest BCUT2D eigenvalue weighted by Crippen LogP contribution is 2.41. The van der Waals surface area contributed by atoms with Crippen LogP contribution in [0.1, 0.15) is 35.8 Å². The van der Waals surface area contributed by atoms with Crippen LogP contribution < -0.4 is 11.3 Å². The number of halogens is 4. The largest absolute Gasteiger partial charge is 0.423 e. The third-order valence-corrected chi connectivity index (χ3v) is 6.31. The molecular formula is C25H25ClF3N5O2. The van der Waals surface area contributed by atoms with Gasteiger partial charge in [-0.2, -0.15) is 13.2 Å². The highest BCUT2D eigenvalue weighted by atomic mass is 35.5. The first kappa shape index (κ1) is 25.7. The first-order valence-corrected chi connectivity index (χ1v) is 11.6. The zero-order valence-corrected chi connectivity index (χ0v) is 20.4. The lowest BCUT2D eigenvalue weighted by Gasteiger charge is -2.34. The number of likely N-dealkylation sites (N-methyl/N-ethyl adjacent to an activating group) is 1. The van der Waals surface area contributed by atoms with Gasteiger partial charge in [0.15, 0.2) is 0 Å². The highest BCUT2D eigenvalue weighted by Gasteiger charge is 2.57. The summed E-state index contributed by atoms with van der Waals surface area (Å²) in [5, 5.41) is 14.5. The monoisotopic (exact) mass is 519 g/mol. The summed E-state index contributed by atoms with van der Waals surface area (Å²) >= 11 is 6.01. The summed E-state index contributed by atoms with van der Waals surface area (Å²) in [5.41, 5.74) is 7.91. The summed E-state index contributed by atoms with van der Waals surface area (Å²) < 4.78 is 41.2. The van der Waals surface area contributed by atoms with Crippen LogP contribution in [0.5, 0.6) is 0 Å². The standard InChI is InChI=1S/C25H25ClF3N5O2/c1-3-10-24(36,25(27,28)29)22-14-34(32-33(22)2)13-15-4-9-18-19(16-5-7-17(26)8-6-16)12-21(23(30)35)31-20(18)11-15/h4-9,11-12,14,32,36H,3,10,13H2,1-2H3,(H2,30,35)/t24-/m0/s1. The molecule has 2 heterocycles. The molecule has 1 amide bonds. The van der Waals surface area contributed by atoms with Gasteiger partial charge in [-0.1, -0.05) is 49.2 Å². The summed E-state index contributed by atoms with van der Waals surface area (Å²) in [6, 6.07) is 14.1. The van der Waals surface area contributed by atoms with Crippen molar-refractivity contribution in [2.45, 2.75) is 38.1 Å². The number of carbonyl (C=O) groups is 1. The lowest BCUT2D eigenvalue weighted by atomic mass is 9.93. The Morgan fingerprint density at radius 1 is 1.17 bits per heavy atom. The van der Waals surface area contributed by atoms with Crippen molar-refractivity contribution < 1.29 is 23.1 Å². The smallest absolute Gasteiger partial charge is 0.375 e. The molecule has 1 aliphatic rings. The van der Waals surface area contributed by atoms with Crippen molar-refractivity contribution in [1.82, 2.24) is 20.5 Å². The lowest BCUT2D eigenvalue weighted by molar-refractivity contribution is -0.252. The minimum atomic E-state index is -4.84. The minimum absolute atomic E-state index is 0.0839. The predicted molar refractivity (Wildman–Crippen MR) is 131 cm³/mol. The molecule has 0 spiro atoms. The molecule has 0 fully saturated rings. The van der Waals surface area contributed by atoms with Crippen LogP contribution in [-0.4, -0.2) is 44.8 Å². The van der Waals surface area contributed by atoms with E-state index in [1.807, 2.05) is 24.3 Å². The topological polar surface area (TPSA) is 94.7 Å². The quantitative estimate of drug-likeness (QED) is 0.417. The van der Waals surface area contributed by atoms with Crippen molar-refractivity contribution in [3.05, 3.63) is 76.7 Å². The number of alkyl halides is 3. The minimum Gasteiger partial charge on any atom is -0.375 e. The molecule has 1 aliphatic heterocycles. The summed E-state index contributed by atoms with van der Waals surface area (Å²) in [5.74, 6) is -0.685. The Balaban J connectivity index is 1.70. The summed E-state index contributed by atoms with van der Waals surface area (Å²) in [6.45, 7) is 1.75. The maximum absolute atomic E-state index is 13.7. The molecular weight excluding hydrogens is 495 g/mol. The Bertz CT molecular complexity index is 1330. The molecule has 0 saturated heterocycles. The average molecular weight is 520 g/mol. The summed E-state index contributed by atoms with van der Waals surface area (Å²) in [7, 11) is 1.41. The molecule has 0 bridgehead atoms. The first-order chi connectivity index (χ1) is 16.9. The normalized spacial score (nSPS) is 15.8. The van der Waals surface area contributed by atoms with Crippen LogP contribution in [0.15, 0.2) is 60.4 Å². The Hall–Kier alpha value is -3.34. The predicted octanol–water partition coefficient (Wildman–Crippen LogP) is 4.76. The van der Waals surface area contributed by atoms with Gasteiger partial charge in [0.2, 0.25) is 5.60 Å². The maximum atomic E-state index is 13.7. The summed E-state index contributed by atoms with van der Waals surface area (Å²) in [6.07, 6.45) is -3.90. The van der Waals surface area contributed by atoms with E-state index < -0.39 is 24.1 Å². The molecule has 0 saturated carbocycles. The molecule has 0 radical (unpaired) electrons. The molecule has 11 heteroatoms. The number of hydrogen-bond donors (Lipinski definition) is 3. The number of nitrogens with one attached hydrogen (secondary N) is 1. The van der Waals surface area contributed by atoms with E-state index >= 15 is 0 Å². The van der Waals surface area contributed by atoms with Crippen molar-refractivity contribution >= 4 is 28.4 Å². The number of pyridine rings is 1. The number of aromatic nitrogens is 1. The number of aliphatic hydroxyl groups is 1. The van der Waals surface area contributed by atoms with Gasteiger partial charge in [-0.15, -0.1) is 5.53 Å². The molecule has 0 aliphatic carbocycles. The molecule has 4 N–H and O–H groups in total. The van der Waals surface area contributed by atoms with E-state index in [4.69, 9.17) is 17.3 Å². The van der Waals surface area contributed by atoms with Crippen LogP contribution >= 0.6 is 11.6 Å². The molecule has 3 aromatic rings. The number of nitrogens with two attached hydrogens (primary N) is 1. The number of hydrogen-bond acceptors (Lipinski definition) is 6. The number of nitrogens with zero attached hydrogens (tertiary/aromatic N) is 3. The van der Waals surface area contributed by atoms with Crippen LogP contribution in [0, 0.1) is 0 Å². The van der Waals surface area contributed by atoms with Crippen molar-refractivity contribution in [2.24, 2.45) is 5.73 Å². The molecule has 1 atom stereocenters. The summed E-state index contributed by atoms with van der Waals surface area (Å²) in [4.78, 5) is 16.3. The molecule has 190 valence electrons. The van der Waals surface area contributed by atoms with Gasteiger partial charge >= 0.3 is 6.18 Å². The fourth-order valence-corrected chi connectivity index (χ4v) is 4.44. The van der Waals surface area contributed by atoms with E-state index in [9.17, 15) is 23.1 Å². The first-order valence-electron chi connectivity index (χ1n) is 11.2. The van der Waals surface area contributed by atoms with Crippen LogP contribution in [0.3, 0.4) is 0 Å². The number of carbonyl (C=O) groups excluding carboxylic acids is 1. The van der Waals surface area contributed by atoms with Gasteiger partial charge in [-0.05, 0) is 47.4 Å². The SMILES string of the molecule is CCC[C@](O)(C1=CN(Cc2ccc3c(-c4ccc(Cl)cc4)cc(C(N)=O)nc3c2)NN1C)C(F)(F)F. The number of amides is 1. The highest BCUT2D eigenvalue weighted by molar-refractivity contribution is 6.30. The van der Waals surface area contributed by atoms with Crippen molar-refractivity contribution in [1.29, 1.82) is 0 Å². The third-order valence-electron chi connectivity index (χ3n) is 6.06. The Labute approximate surface area is 210 Å². The Morgan fingerprint density at radius 2 is 1.86 bits per heavy atom.